The summed E-state index contributed by atoms with van der Waals surface area (Å²) in [7, 11) is 1.49. The lowest BCUT2D eigenvalue weighted by Gasteiger charge is -2.36. The summed E-state index contributed by atoms with van der Waals surface area (Å²) in [4.78, 5) is 12.3. The van der Waals surface area contributed by atoms with E-state index in [0.717, 1.165) is 18.4 Å². The molecule has 128 valence electrons. The van der Waals surface area contributed by atoms with Crippen molar-refractivity contribution in [3.05, 3.63) is 23.8 Å². The largest absolute Gasteiger partial charge is 0.504 e. The lowest BCUT2D eigenvalue weighted by Crippen LogP contribution is -2.36. The zero-order valence-corrected chi connectivity index (χ0v) is 14.5. The smallest absolute Gasteiger partial charge is 0.310 e. The lowest BCUT2D eigenvalue weighted by molar-refractivity contribution is -0.155. The van der Waals surface area contributed by atoms with Crippen LogP contribution in [-0.4, -0.2) is 24.3 Å². The molecule has 1 fully saturated rings. The van der Waals surface area contributed by atoms with E-state index in [4.69, 9.17) is 9.47 Å². The Morgan fingerprint density at radius 3 is 2.74 bits per heavy atom. The van der Waals surface area contributed by atoms with Crippen LogP contribution in [0.15, 0.2) is 18.2 Å². The Hall–Kier alpha value is -1.71. The first-order chi connectivity index (χ1) is 10.9. The van der Waals surface area contributed by atoms with Crippen molar-refractivity contribution < 1.29 is 19.4 Å². The standard InChI is InChI=1S/C19H28O4/c1-12(2)15-7-5-13(3)9-17(15)23-19(21)11-14-6-8-16(20)18(10-14)22-4/h6,8,10,12-13,15,17,20H,5,7,9,11H2,1-4H3/t13-,15+,17-/m1/s1. The molecule has 0 aromatic heterocycles. The number of aromatic hydroxyl groups is 1. The highest BCUT2D eigenvalue weighted by Gasteiger charge is 2.33. The molecule has 1 N–H and O–H groups in total. The Kier molecular flexibility index (Phi) is 5.91. The Bertz CT molecular complexity index is 538. The number of carbonyl (C=O) groups is 1. The third kappa shape index (κ3) is 4.63. The minimum atomic E-state index is -0.206. The number of phenolic OH excluding ortho intramolecular Hbond substituents is 1. The molecule has 1 aromatic rings. The second kappa shape index (κ2) is 7.71. The van der Waals surface area contributed by atoms with Gasteiger partial charge in [-0.3, -0.25) is 4.79 Å². The summed E-state index contributed by atoms with van der Waals surface area (Å²) in [6, 6.07) is 4.95. The quantitative estimate of drug-likeness (QED) is 0.835. The number of hydrogen-bond acceptors (Lipinski definition) is 4. The molecule has 0 unspecified atom stereocenters. The van der Waals surface area contributed by atoms with Gasteiger partial charge in [0.1, 0.15) is 6.10 Å². The van der Waals surface area contributed by atoms with Gasteiger partial charge in [0.25, 0.3) is 0 Å². The fourth-order valence-electron chi connectivity index (χ4n) is 3.46. The van der Waals surface area contributed by atoms with E-state index in [0.29, 0.717) is 23.5 Å². The Morgan fingerprint density at radius 2 is 2.09 bits per heavy atom. The molecule has 0 heterocycles. The first-order valence-electron chi connectivity index (χ1n) is 8.46. The number of ether oxygens (including phenoxy) is 2. The third-order valence-electron chi connectivity index (χ3n) is 4.84. The van der Waals surface area contributed by atoms with Gasteiger partial charge in [-0.1, -0.05) is 33.3 Å². The van der Waals surface area contributed by atoms with E-state index in [1.165, 1.54) is 13.5 Å². The van der Waals surface area contributed by atoms with E-state index in [9.17, 15) is 9.90 Å². The van der Waals surface area contributed by atoms with E-state index in [1.807, 2.05) is 0 Å². The van der Waals surface area contributed by atoms with Gasteiger partial charge in [0, 0.05) is 0 Å². The molecule has 0 aliphatic heterocycles. The number of benzene rings is 1. The van der Waals surface area contributed by atoms with Crippen molar-refractivity contribution in [1.82, 2.24) is 0 Å². The number of methoxy groups -OCH3 is 1. The summed E-state index contributed by atoms with van der Waals surface area (Å²) in [6.45, 7) is 6.63. The maximum atomic E-state index is 12.3. The van der Waals surface area contributed by atoms with Crippen LogP contribution in [0.2, 0.25) is 0 Å². The van der Waals surface area contributed by atoms with Gasteiger partial charge in [-0.25, -0.2) is 0 Å². The van der Waals surface area contributed by atoms with Gasteiger partial charge in [0.05, 0.1) is 13.5 Å². The van der Waals surface area contributed by atoms with Crippen LogP contribution in [0, 0.1) is 17.8 Å². The molecule has 0 spiro atoms. The summed E-state index contributed by atoms with van der Waals surface area (Å²) in [5, 5.41) is 9.61. The molecule has 3 atom stereocenters. The molecule has 0 saturated heterocycles. The zero-order chi connectivity index (χ0) is 17.0. The van der Waals surface area contributed by atoms with Crippen molar-refractivity contribution in [3.63, 3.8) is 0 Å². The van der Waals surface area contributed by atoms with Crippen molar-refractivity contribution in [2.45, 2.75) is 52.6 Å². The number of carbonyl (C=O) groups excluding carboxylic acids is 1. The predicted molar refractivity (Wildman–Crippen MR) is 89.6 cm³/mol. The highest BCUT2D eigenvalue weighted by Crippen LogP contribution is 2.35. The summed E-state index contributed by atoms with van der Waals surface area (Å²) in [6.07, 6.45) is 3.51. The molecule has 1 aliphatic carbocycles. The maximum Gasteiger partial charge on any atom is 0.310 e. The fourth-order valence-corrected chi connectivity index (χ4v) is 3.46. The topological polar surface area (TPSA) is 55.8 Å². The first kappa shape index (κ1) is 17.6. The van der Waals surface area contributed by atoms with Crippen molar-refractivity contribution in [2.24, 2.45) is 17.8 Å². The molecule has 4 nitrogen and oxygen atoms in total. The molecule has 2 rings (SSSR count). The van der Waals surface area contributed by atoms with Gasteiger partial charge in [-0.15, -0.1) is 0 Å². The van der Waals surface area contributed by atoms with E-state index in [2.05, 4.69) is 20.8 Å². The molecule has 0 radical (unpaired) electrons. The van der Waals surface area contributed by atoms with Crippen LogP contribution in [0.25, 0.3) is 0 Å². The Morgan fingerprint density at radius 1 is 1.35 bits per heavy atom. The molecule has 1 aliphatic rings. The zero-order valence-electron chi connectivity index (χ0n) is 14.5. The Balaban J connectivity index is 2.00. The van der Waals surface area contributed by atoms with Crippen LogP contribution in [0.1, 0.15) is 45.6 Å². The summed E-state index contributed by atoms with van der Waals surface area (Å²) in [5.41, 5.74) is 0.787. The van der Waals surface area contributed by atoms with Crippen LogP contribution in [0.3, 0.4) is 0 Å². The summed E-state index contributed by atoms with van der Waals surface area (Å²) >= 11 is 0. The van der Waals surface area contributed by atoms with Crippen LogP contribution >= 0.6 is 0 Å². The van der Waals surface area contributed by atoms with Crippen LogP contribution in [0.4, 0.5) is 0 Å². The van der Waals surface area contributed by atoms with Crippen molar-refractivity contribution in [2.75, 3.05) is 7.11 Å². The predicted octanol–water partition coefficient (Wildman–Crippen LogP) is 3.95. The molecule has 1 aromatic carbocycles. The van der Waals surface area contributed by atoms with Crippen molar-refractivity contribution in [1.29, 1.82) is 0 Å². The normalized spacial score (nSPS) is 24.5. The van der Waals surface area contributed by atoms with Crippen LogP contribution in [0.5, 0.6) is 11.5 Å². The number of phenols is 1. The van der Waals surface area contributed by atoms with Gasteiger partial charge < -0.3 is 14.6 Å². The second-order valence-electron chi connectivity index (χ2n) is 7.04. The lowest BCUT2D eigenvalue weighted by atomic mass is 9.75. The van der Waals surface area contributed by atoms with Crippen LogP contribution in [-0.2, 0) is 16.0 Å². The van der Waals surface area contributed by atoms with Gasteiger partial charge in [0.2, 0.25) is 0 Å². The van der Waals surface area contributed by atoms with Crippen LogP contribution < -0.4 is 4.74 Å². The molecular weight excluding hydrogens is 292 g/mol. The summed E-state index contributed by atoms with van der Waals surface area (Å²) < 4.78 is 10.9. The molecule has 4 heteroatoms. The van der Waals surface area contributed by atoms with Gasteiger partial charge in [0.15, 0.2) is 11.5 Å². The van der Waals surface area contributed by atoms with Crippen molar-refractivity contribution >= 4 is 5.97 Å². The average Bonchev–Trinajstić information content (AvgIpc) is 2.48. The fraction of sp³-hybridized carbons (Fsp3) is 0.632. The average molecular weight is 320 g/mol. The molecule has 0 amide bonds. The monoisotopic (exact) mass is 320 g/mol. The van der Waals surface area contributed by atoms with E-state index < -0.39 is 0 Å². The second-order valence-corrected chi connectivity index (χ2v) is 7.04. The molecule has 1 saturated carbocycles. The maximum absolute atomic E-state index is 12.3. The van der Waals surface area contributed by atoms with Gasteiger partial charge in [-0.05, 0) is 48.3 Å². The van der Waals surface area contributed by atoms with Gasteiger partial charge in [-0.2, -0.15) is 0 Å². The van der Waals surface area contributed by atoms with E-state index in [1.54, 1.807) is 18.2 Å². The van der Waals surface area contributed by atoms with Gasteiger partial charge >= 0.3 is 5.97 Å². The summed E-state index contributed by atoms with van der Waals surface area (Å²) in [5.74, 6) is 1.82. The minimum Gasteiger partial charge on any atom is -0.504 e. The highest BCUT2D eigenvalue weighted by atomic mass is 16.5. The SMILES string of the molecule is COc1cc(CC(=O)O[C@@H]2C[C@H](C)CC[C@H]2C(C)C)ccc1O. The molecule has 23 heavy (non-hydrogen) atoms. The first-order valence-corrected chi connectivity index (χ1v) is 8.46. The number of hydrogen-bond donors (Lipinski definition) is 1. The van der Waals surface area contributed by atoms with E-state index in [-0.39, 0.29) is 24.2 Å². The third-order valence-corrected chi connectivity index (χ3v) is 4.84. The highest BCUT2D eigenvalue weighted by molar-refractivity contribution is 5.73. The molecular formula is C19H28O4. The van der Waals surface area contributed by atoms with Crippen molar-refractivity contribution in [3.8, 4) is 11.5 Å². The number of rotatable bonds is 5. The van der Waals surface area contributed by atoms with E-state index >= 15 is 0 Å². The molecule has 0 bridgehead atoms. The minimum absolute atomic E-state index is 0.0188. The number of esters is 1. The Labute approximate surface area is 138 Å².